The van der Waals surface area contributed by atoms with Crippen molar-refractivity contribution in [1.82, 2.24) is 5.32 Å². The summed E-state index contributed by atoms with van der Waals surface area (Å²) >= 11 is 0. The van der Waals surface area contributed by atoms with Crippen molar-refractivity contribution in [2.45, 2.75) is 37.9 Å². The lowest BCUT2D eigenvalue weighted by molar-refractivity contribution is 0.159. The minimum atomic E-state index is -1.30. The molecule has 1 heterocycles. The van der Waals surface area contributed by atoms with Gasteiger partial charge in [0.05, 0.1) is 7.11 Å². The van der Waals surface area contributed by atoms with Gasteiger partial charge < -0.3 is 10.1 Å². The van der Waals surface area contributed by atoms with Gasteiger partial charge in [-0.2, -0.15) is 0 Å². The highest BCUT2D eigenvalue weighted by Gasteiger charge is 2.31. The summed E-state index contributed by atoms with van der Waals surface area (Å²) in [5.41, 5.74) is -0.596. The van der Waals surface area contributed by atoms with E-state index >= 15 is 0 Å². The highest BCUT2D eigenvalue weighted by Crippen LogP contribution is 2.34. The molecule has 1 aliphatic rings. The summed E-state index contributed by atoms with van der Waals surface area (Å²) in [7, 11) is 1.60. The van der Waals surface area contributed by atoms with Gasteiger partial charge in [-0.15, -0.1) is 0 Å². The molecule has 1 fully saturated rings. The van der Waals surface area contributed by atoms with Crippen LogP contribution in [0.15, 0.2) is 24.3 Å². The van der Waals surface area contributed by atoms with Gasteiger partial charge in [0.15, 0.2) is 0 Å². The zero-order valence-corrected chi connectivity index (χ0v) is 10.5. The third-order valence-corrected chi connectivity index (χ3v) is 3.46. The van der Waals surface area contributed by atoms with Crippen molar-refractivity contribution in [3.63, 3.8) is 0 Å². The van der Waals surface area contributed by atoms with Gasteiger partial charge >= 0.3 is 0 Å². The Balaban J connectivity index is 2.11. The maximum Gasteiger partial charge on any atom is 0.134 e. The SMILES string of the molecule is COc1cccc(C(C)(F)CC2CCCN2)c1. The predicted octanol–water partition coefficient (Wildman–Crippen LogP) is 3.02. The van der Waals surface area contributed by atoms with Gasteiger partial charge in [0.1, 0.15) is 11.4 Å². The lowest BCUT2D eigenvalue weighted by Crippen LogP contribution is -2.30. The molecule has 0 saturated carbocycles. The molecule has 0 amide bonds. The van der Waals surface area contributed by atoms with E-state index in [9.17, 15) is 4.39 Å². The molecule has 1 aliphatic heterocycles. The summed E-state index contributed by atoms with van der Waals surface area (Å²) < 4.78 is 19.8. The van der Waals surface area contributed by atoms with E-state index in [1.807, 2.05) is 18.2 Å². The zero-order valence-electron chi connectivity index (χ0n) is 10.5. The standard InChI is InChI=1S/C14H20FNO/c1-14(15,10-12-6-4-8-16-12)11-5-3-7-13(9-11)17-2/h3,5,7,9,12,16H,4,6,8,10H2,1-2H3. The molecule has 1 aromatic carbocycles. The smallest absolute Gasteiger partial charge is 0.134 e. The highest BCUT2D eigenvalue weighted by atomic mass is 19.1. The third kappa shape index (κ3) is 2.97. The maximum atomic E-state index is 14.7. The van der Waals surface area contributed by atoms with Crippen LogP contribution in [0.5, 0.6) is 5.75 Å². The Kier molecular flexibility index (Phi) is 3.67. The van der Waals surface area contributed by atoms with E-state index in [0.29, 0.717) is 23.8 Å². The van der Waals surface area contributed by atoms with E-state index in [-0.39, 0.29) is 0 Å². The van der Waals surface area contributed by atoms with Crippen LogP contribution in [0, 0.1) is 0 Å². The first-order chi connectivity index (χ1) is 8.12. The van der Waals surface area contributed by atoms with Crippen LogP contribution in [0.25, 0.3) is 0 Å². The van der Waals surface area contributed by atoms with Crippen molar-refractivity contribution in [2.75, 3.05) is 13.7 Å². The van der Waals surface area contributed by atoms with Gasteiger partial charge in [0.2, 0.25) is 0 Å². The second-order valence-corrected chi connectivity index (χ2v) is 4.93. The summed E-state index contributed by atoms with van der Waals surface area (Å²) in [4.78, 5) is 0. The number of ether oxygens (including phenoxy) is 1. The Labute approximate surface area is 102 Å². The number of hydrogen-bond donors (Lipinski definition) is 1. The quantitative estimate of drug-likeness (QED) is 0.869. The van der Waals surface area contributed by atoms with Gasteiger partial charge in [0, 0.05) is 12.5 Å². The average Bonchev–Trinajstić information content (AvgIpc) is 2.81. The lowest BCUT2D eigenvalue weighted by Gasteiger charge is -2.25. The van der Waals surface area contributed by atoms with Gasteiger partial charge in [-0.05, 0) is 44.0 Å². The van der Waals surface area contributed by atoms with Crippen molar-refractivity contribution in [3.05, 3.63) is 29.8 Å². The van der Waals surface area contributed by atoms with Crippen molar-refractivity contribution in [3.8, 4) is 5.75 Å². The van der Waals surface area contributed by atoms with Crippen LogP contribution < -0.4 is 10.1 Å². The molecular weight excluding hydrogens is 217 g/mol. The second-order valence-electron chi connectivity index (χ2n) is 4.93. The number of alkyl halides is 1. The molecule has 94 valence electrons. The van der Waals surface area contributed by atoms with E-state index < -0.39 is 5.67 Å². The molecule has 0 bridgehead atoms. The van der Waals surface area contributed by atoms with Gasteiger partial charge in [0.25, 0.3) is 0 Å². The molecule has 0 spiro atoms. The summed E-state index contributed by atoms with van der Waals surface area (Å²) in [6.45, 7) is 2.67. The fourth-order valence-electron chi connectivity index (χ4n) is 2.46. The zero-order chi connectivity index (χ0) is 12.3. The molecule has 2 unspecified atom stereocenters. The van der Waals surface area contributed by atoms with Crippen LogP contribution in [-0.2, 0) is 5.67 Å². The Hall–Kier alpha value is -1.09. The summed E-state index contributed by atoms with van der Waals surface area (Å²) in [5.74, 6) is 0.714. The number of benzene rings is 1. The van der Waals surface area contributed by atoms with Crippen LogP contribution >= 0.6 is 0 Å². The van der Waals surface area contributed by atoms with E-state index in [0.717, 1.165) is 19.4 Å². The van der Waals surface area contributed by atoms with Gasteiger partial charge in [-0.3, -0.25) is 0 Å². The molecule has 0 radical (unpaired) electrons. The molecule has 1 N–H and O–H groups in total. The number of hydrogen-bond acceptors (Lipinski definition) is 2. The van der Waals surface area contributed by atoms with E-state index in [1.54, 1.807) is 20.1 Å². The summed E-state index contributed by atoms with van der Waals surface area (Å²) in [6.07, 6.45) is 2.75. The minimum Gasteiger partial charge on any atom is -0.497 e. The first kappa shape index (κ1) is 12.4. The van der Waals surface area contributed by atoms with Crippen LogP contribution in [0.2, 0.25) is 0 Å². The Bertz CT molecular complexity index is 372. The molecule has 1 saturated heterocycles. The van der Waals surface area contributed by atoms with Crippen LogP contribution in [-0.4, -0.2) is 19.7 Å². The molecule has 0 aliphatic carbocycles. The fraction of sp³-hybridized carbons (Fsp3) is 0.571. The largest absolute Gasteiger partial charge is 0.497 e. The highest BCUT2D eigenvalue weighted by molar-refractivity contribution is 5.32. The van der Waals surface area contributed by atoms with E-state index in [1.165, 1.54) is 0 Å². The molecule has 2 atom stereocenters. The monoisotopic (exact) mass is 237 g/mol. The Morgan fingerprint density at radius 2 is 2.35 bits per heavy atom. The van der Waals surface area contributed by atoms with E-state index in [2.05, 4.69) is 5.32 Å². The number of halogens is 1. The Morgan fingerprint density at radius 3 is 3.00 bits per heavy atom. The van der Waals surface area contributed by atoms with Crippen LogP contribution in [0.4, 0.5) is 4.39 Å². The average molecular weight is 237 g/mol. The molecule has 3 heteroatoms. The van der Waals surface area contributed by atoms with Gasteiger partial charge in [-0.1, -0.05) is 12.1 Å². The summed E-state index contributed by atoms with van der Waals surface area (Å²) in [6, 6.07) is 7.60. The molecule has 1 aromatic rings. The molecular formula is C14H20FNO. The van der Waals surface area contributed by atoms with Crippen molar-refractivity contribution in [2.24, 2.45) is 0 Å². The number of nitrogens with one attached hydrogen (secondary N) is 1. The lowest BCUT2D eigenvalue weighted by atomic mass is 9.90. The normalized spacial score (nSPS) is 23.4. The van der Waals surface area contributed by atoms with Crippen molar-refractivity contribution < 1.29 is 9.13 Å². The summed E-state index contributed by atoms with van der Waals surface area (Å²) in [5, 5.41) is 3.34. The fourth-order valence-corrected chi connectivity index (χ4v) is 2.46. The van der Waals surface area contributed by atoms with E-state index in [4.69, 9.17) is 4.74 Å². The van der Waals surface area contributed by atoms with Crippen molar-refractivity contribution >= 4 is 0 Å². The number of rotatable bonds is 4. The minimum absolute atomic E-state index is 0.302. The van der Waals surface area contributed by atoms with Crippen LogP contribution in [0.3, 0.4) is 0 Å². The van der Waals surface area contributed by atoms with Gasteiger partial charge in [-0.25, -0.2) is 4.39 Å². The topological polar surface area (TPSA) is 21.3 Å². The molecule has 2 rings (SSSR count). The first-order valence-corrected chi connectivity index (χ1v) is 6.19. The predicted molar refractivity (Wildman–Crippen MR) is 67.1 cm³/mol. The Morgan fingerprint density at radius 1 is 1.53 bits per heavy atom. The van der Waals surface area contributed by atoms with Crippen LogP contribution in [0.1, 0.15) is 31.7 Å². The van der Waals surface area contributed by atoms with Crippen molar-refractivity contribution in [1.29, 1.82) is 0 Å². The first-order valence-electron chi connectivity index (χ1n) is 6.19. The second kappa shape index (κ2) is 5.05. The molecule has 17 heavy (non-hydrogen) atoms. The maximum absolute atomic E-state index is 14.7. The molecule has 0 aromatic heterocycles. The number of methoxy groups -OCH3 is 1. The third-order valence-electron chi connectivity index (χ3n) is 3.46. The molecule has 2 nitrogen and oxygen atoms in total.